The Morgan fingerprint density at radius 3 is 1.84 bits per heavy atom. The molecule has 206 valence electrons. The second-order valence-corrected chi connectivity index (χ2v) is 11.4. The van der Waals surface area contributed by atoms with Crippen LogP contribution in [0, 0.1) is 0 Å². The molecule has 0 radical (unpaired) electrons. The fourth-order valence-corrected chi connectivity index (χ4v) is 6.70. The molecule has 1 heterocycles. The highest BCUT2D eigenvalue weighted by Crippen LogP contribution is 2.40. The molecule has 2 heteroatoms. The van der Waals surface area contributed by atoms with Gasteiger partial charge in [0.15, 0.2) is 0 Å². The van der Waals surface area contributed by atoms with Crippen molar-refractivity contribution in [3.05, 3.63) is 164 Å². The summed E-state index contributed by atoms with van der Waals surface area (Å²) in [6.07, 6.45) is 0. The van der Waals surface area contributed by atoms with Crippen LogP contribution in [0.25, 0.3) is 65.4 Å². The van der Waals surface area contributed by atoms with Crippen LogP contribution in [-0.4, -0.2) is 0 Å². The van der Waals surface area contributed by atoms with Gasteiger partial charge in [0.05, 0.1) is 0 Å². The first-order valence-electron chi connectivity index (χ1n) is 15.0. The lowest BCUT2D eigenvalue weighted by atomic mass is 9.94. The molecule has 0 aliphatic rings. The van der Waals surface area contributed by atoms with Crippen LogP contribution in [0.15, 0.2) is 168 Å². The molecule has 9 rings (SSSR count). The molecule has 1 aromatic heterocycles. The van der Waals surface area contributed by atoms with Gasteiger partial charge in [0, 0.05) is 27.8 Å². The van der Waals surface area contributed by atoms with Gasteiger partial charge >= 0.3 is 0 Å². The number of fused-ring (bicyclic) bond motifs is 8. The number of hydrogen-bond acceptors (Lipinski definition) is 2. The van der Waals surface area contributed by atoms with Crippen LogP contribution in [0.5, 0.6) is 0 Å². The van der Waals surface area contributed by atoms with Gasteiger partial charge in [-0.15, -0.1) is 0 Å². The van der Waals surface area contributed by atoms with Crippen LogP contribution in [0.2, 0.25) is 0 Å². The molecule has 0 spiro atoms. The Morgan fingerprint density at radius 2 is 0.955 bits per heavy atom. The molecule has 2 nitrogen and oxygen atoms in total. The highest BCUT2D eigenvalue weighted by Gasteiger charge is 2.16. The molecule has 0 atom stereocenters. The number of nitrogens with zero attached hydrogens (tertiary/aromatic N) is 1. The van der Waals surface area contributed by atoms with E-state index in [0.717, 1.165) is 39.0 Å². The van der Waals surface area contributed by atoms with Gasteiger partial charge < -0.3 is 9.32 Å². The van der Waals surface area contributed by atoms with Crippen molar-refractivity contribution in [1.82, 2.24) is 0 Å². The average Bonchev–Trinajstić information content (AvgIpc) is 3.47. The lowest BCUT2D eigenvalue weighted by Gasteiger charge is -2.26. The summed E-state index contributed by atoms with van der Waals surface area (Å²) < 4.78 is 6.15. The van der Waals surface area contributed by atoms with Crippen LogP contribution in [0.3, 0.4) is 0 Å². The van der Waals surface area contributed by atoms with Gasteiger partial charge in [-0.25, -0.2) is 0 Å². The Morgan fingerprint density at radius 1 is 0.318 bits per heavy atom. The van der Waals surface area contributed by atoms with E-state index in [1.807, 2.05) is 12.1 Å². The predicted octanol–water partition coefficient (Wildman–Crippen LogP) is 12.2. The molecular formula is C42H27NO. The molecule has 0 amide bonds. The normalized spacial score (nSPS) is 11.6. The zero-order valence-corrected chi connectivity index (χ0v) is 23.9. The number of anilines is 3. The van der Waals surface area contributed by atoms with Crippen LogP contribution in [0.1, 0.15) is 0 Å². The average molecular weight is 562 g/mol. The third-order valence-corrected chi connectivity index (χ3v) is 8.81. The molecule has 44 heavy (non-hydrogen) atoms. The number of furan rings is 1. The molecule has 0 aliphatic heterocycles. The Kier molecular flexibility index (Phi) is 5.54. The van der Waals surface area contributed by atoms with Gasteiger partial charge in [0.2, 0.25) is 0 Å². The van der Waals surface area contributed by atoms with E-state index in [-0.39, 0.29) is 0 Å². The summed E-state index contributed by atoms with van der Waals surface area (Å²) in [6, 6.07) is 58.7. The van der Waals surface area contributed by atoms with E-state index < -0.39 is 0 Å². The van der Waals surface area contributed by atoms with Crippen molar-refractivity contribution in [2.45, 2.75) is 0 Å². The molecule has 0 bridgehead atoms. The van der Waals surface area contributed by atoms with E-state index in [1.165, 1.54) is 43.4 Å². The van der Waals surface area contributed by atoms with Crippen LogP contribution in [-0.2, 0) is 0 Å². The van der Waals surface area contributed by atoms with E-state index in [2.05, 4.69) is 157 Å². The number of benzene rings is 8. The third kappa shape index (κ3) is 3.96. The Bertz CT molecular complexity index is 2510. The molecular weight excluding hydrogens is 534 g/mol. The summed E-state index contributed by atoms with van der Waals surface area (Å²) in [5.74, 6) is 0. The summed E-state index contributed by atoms with van der Waals surface area (Å²) >= 11 is 0. The quantitative estimate of drug-likeness (QED) is 0.199. The zero-order valence-electron chi connectivity index (χ0n) is 23.9. The van der Waals surface area contributed by atoms with Crippen LogP contribution < -0.4 is 4.90 Å². The maximum atomic E-state index is 6.15. The first-order chi connectivity index (χ1) is 21.8. The zero-order chi connectivity index (χ0) is 29.0. The highest BCUT2D eigenvalue weighted by atomic mass is 16.3. The molecule has 0 aliphatic carbocycles. The van der Waals surface area contributed by atoms with Crippen molar-refractivity contribution in [1.29, 1.82) is 0 Å². The molecule has 8 aromatic carbocycles. The summed E-state index contributed by atoms with van der Waals surface area (Å²) in [4.78, 5) is 2.33. The lowest BCUT2D eigenvalue weighted by Crippen LogP contribution is -2.09. The summed E-state index contributed by atoms with van der Waals surface area (Å²) in [5.41, 5.74) is 7.47. The van der Waals surface area contributed by atoms with Gasteiger partial charge in [-0.1, -0.05) is 109 Å². The first-order valence-corrected chi connectivity index (χ1v) is 15.0. The minimum atomic E-state index is 0.896. The number of rotatable bonds is 4. The van der Waals surface area contributed by atoms with E-state index in [4.69, 9.17) is 4.42 Å². The Hall–Kier alpha value is -5.86. The highest BCUT2D eigenvalue weighted by molar-refractivity contribution is 6.17. The monoisotopic (exact) mass is 561 g/mol. The minimum absolute atomic E-state index is 0.896. The maximum Gasteiger partial charge on any atom is 0.135 e. The molecule has 0 unspecified atom stereocenters. The largest absolute Gasteiger partial charge is 0.456 e. The van der Waals surface area contributed by atoms with E-state index in [1.54, 1.807) is 0 Å². The van der Waals surface area contributed by atoms with Gasteiger partial charge in [0.1, 0.15) is 11.2 Å². The first kappa shape index (κ1) is 24.7. The molecule has 0 saturated heterocycles. The molecule has 0 N–H and O–H groups in total. The molecule has 9 aromatic rings. The van der Waals surface area contributed by atoms with Crippen molar-refractivity contribution in [2.75, 3.05) is 4.90 Å². The van der Waals surface area contributed by atoms with Gasteiger partial charge in [-0.05, 0) is 98.0 Å². The van der Waals surface area contributed by atoms with E-state index in [0.29, 0.717) is 0 Å². The number of hydrogen-bond donors (Lipinski definition) is 0. The fraction of sp³-hybridized carbons (Fsp3) is 0. The van der Waals surface area contributed by atoms with Crippen LogP contribution >= 0.6 is 0 Å². The second-order valence-electron chi connectivity index (χ2n) is 11.4. The fourth-order valence-electron chi connectivity index (χ4n) is 6.70. The molecule has 0 saturated carbocycles. The SMILES string of the molecule is c1ccc(N(c2cccc(-c3ccc4ccc5c6ccccc6ccc5c4c3)c2)c2ccc3oc4ccccc4c3c2)cc1. The van der Waals surface area contributed by atoms with E-state index >= 15 is 0 Å². The van der Waals surface area contributed by atoms with Crippen molar-refractivity contribution < 1.29 is 4.42 Å². The standard InChI is InChI=1S/C42H27NO/c1-2-11-32(12-3-1)43(34-21-24-42-40(27-34)38-15-6-7-16-41(38)44-42)33-13-8-10-30(25-33)31-18-17-29-20-22-36-35-14-5-4-9-28(35)19-23-37(36)39(29)26-31/h1-27H. The predicted molar refractivity (Wildman–Crippen MR) is 186 cm³/mol. The smallest absolute Gasteiger partial charge is 0.135 e. The van der Waals surface area contributed by atoms with Crippen molar-refractivity contribution in [3.8, 4) is 11.1 Å². The minimum Gasteiger partial charge on any atom is -0.456 e. The van der Waals surface area contributed by atoms with Crippen LogP contribution in [0.4, 0.5) is 17.1 Å². The Balaban J connectivity index is 1.20. The topological polar surface area (TPSA) is 16.4 Å². The lowest BCUT2D eigenvalue weighted by molar-refractivity contribution is 0.669. The number of para-hydroxylation sites is 2. The second kappa shape index (κ2) is 9.86. The summed E-state index contributed by atoms with van der Waals surface area (Å²) in [6.45, 7) is 0. The Labute approximate surface area is 255 Å². The summed E-state index contributed by atoms with van der Waals surface area (Å²) in [7, 11) is 0. The van der Waals surface area contributed by atoms with Crippen molar-refractivity contribution in [3.63, 3.8) is 0 Å². The van der Waals surface area contributed by atoms with Gasteiger partial charge in [0.25, 0.3) is 0 Å². The van der Waals surface area contributed by atoms with Gasteiger partial charge in [-0.3, -0.25) is 0 Å². The van der Waals surface area contributed by atoms with Crippen molar-refractivity contribution >= 4 is 71.3 Å². The van der Waals surface area contributed by atoms with Crippen molar-refractivity contribution in [2.24, 2.45) is 0 Å². The maximum absolute atomic E-state index is 6.15. The van der Waals surface area contributed by atoms with E-state index in [9.17, 15) is 0 Å². The van der Waals surface area contributed by atoms with Gasteiger partial charge in [-0.2, -0.15) is 0 Å². The molecule has 0 fully saturated rings. The third-order valence-electron chi connectivity index (χ3n) is 8.81. The summed E-state index contributed by atoms with van der Waals surface area (Å²) in [5, 5.41) is 9.90.